The van der Waals surface area contributed by atoms with Gasteiger partial charge in [0.25, 0.3) is 0 Å². The first-order chi connectivity index (χ1) is 15.7. The number of hydrogen-bond donors (Lipinski definition) is 2. The van der Waals surface area contributed by atoms with Crippen LogP contribution in [0, 0.1) is 29.1 Å². The number of likely N-dealkylation sites (tertiary alicyclic amines) is 1. The molecule has 0 aromatic rings. The van der Waals surface area contributed by atoms with Crippen LogP contribution in [0.3, 0.4) is 0 Å². The quantitative estimate of drug-likeness (QED) is 0.511. The number of fused-ring (bicyclic) bond motifs is 1. The summed E-state index contributed by atoms with van der Waals surface area (Å²) in [6.45, 7) is 11.1. The minimum atomic E-state index is -2.19. The van der Waals surface area contributed by atoms with Crippen LogP contribution in [0.1, 0.15) is 71.6 Å². The van der Waals surface area contributed by atoms with Crippen molar-refractivity contribution in [1.82, 2.24) is 4.90 Å². The smallest absolute Gasteiger partial charge is 0.242 e. The highest BCUT2D eigenvalue weighted by atomic mass is 19.3. The summed E-state index contributed by atoms with van der Waals surface area (Å²) >= 11 is 0. The van der Waals surface area contributed by atoms with Crippen LogP contribution in [0.25, 0.3) is 0 Å². The highest BCUT2D eigenvalue weighted by Crippen LogP contribution is 2.59. The molecular weight excluding hydrogens is 420 g/mol. The molecule has 5 heteroatoms. The van der Waals surface area contributed by atoms with Crippen molar-refractivity contribution in [2.45, 2.75) is 90.3 Å². The molecule has 3 aliphatic carbocycles. The number of aliphatic hydroxyl groups excluding tert-OH is 2. The monoisotopic (exact) mass is 463 g/mol. The van der Waals surface area contributed by atoms with Gasteiger partial charge in [0.1, 0.15) is 0 Å². The molecule has 1 aliphatic heterocycles. The van der Waals surface area contributed by atoms with Gasteiger partial charge in [-0.2, -0.15) is 0 Å². The zero-order chi connectivity index (χ0) is 23.8. The van der Waals surface area contributed by atoms with Crippen LogP contribution in [-0.2, 0) is 0 Å². The third-order valence-corrected chi connectivity index (χ3v) is 9.47. The van der Waals surface area contributed by atoms with Crippen molar-refractivity contribution >= 4 is 0 Å². The first-order valence-electron chi connectivity index (χ1n) is 13.1. The fraction of sp³-hybridized carbons (Fsp3) is 0.786. The van der Waals surface area contributed by atoms with Gasteiger partial charge < -0.3 is 15.1 Å². The Morgan fingerprint density at radius 3 is 2.55 bits per heavy atom. The molecule has 0 amide bonds. The molecule has 0 aromatic carbocycles. The van der Waals surface area contributed by atoms with Gasteiger partial charge in [-0.1, -0.05) is 43.7 Å². The zero-order valence-electron chi connectivity index (χ0n) is 20.5. The number of allylic oxidation sites excluding steroid dienone is 3. The van der Waals surface area contributed by atoms with Crippen LogP contribution in [0.5, 0.6) is 0 Å². The Bertz CT molecular complexity index is 762. The van der Waals surface area contributed by atoms with Crippen LogP contribution >= 0.6 is 0 Å². The van der Waals surface area contributed by atoms with E-state index in [0.29, 0.717) is 49.1 Å². The van der Waals surface area contributed by atoms with Crippen LogP contribution < -0.4 is 0 Å². The molecule has 0 radical (unpaired) electrons. The van der Waals surface area contributed by atoms with Gasteiger partial charge in [0.05, 0.1) is 12.2 Å². The molecule has 1 saturated heterocycles. The SMILES string of the molecule is C=C1[C@H](O)CC(=C/C=C2\CCC[C@]3(C)[C@@H]([C@H](C)CN4CCC[C@H](C(F)F)C4)CC[C@@H]23)C[C@H]1O. The lowest BCUT2D eigenvalue weighted by Gasteiger charge is -2.45. The molecule has 1 heterocycles. The molecule has 4 aliphatic rings. The summed E-state index contributed by atoms with van der Waals surface area (Å²) in [5, 5.41) is 20.3. The maximum Gasteiger partial charge on any atom is 0.242 e. The molecule has 0 spiro atoms. The topological polar surface area (TPSA) is 43.7 Å². The summed E-state index contributed by atoms with van der Waals surface area (Å²) in [6.07, 6.45) is 9.65. The Morgan fingerprint density at radius 1 is 1.12 bits per heavy atom. The van der Waals surface area contributed by atoms with Gasteiger partial charge >= 0.3 is 0 Å². The van der Waals surface area contributed by atoms with E-state index in [-0.39, 0.29) is 5.41 Å². The van der Waals surface area contributed by atoms with E-state index in [9.17, 15) is 19.0 Å². The molecule has 33 heavy (non-hydrogen) atoms. The van der Waals surface area contributed by atoms with E-state index in [1.165, 1.54) is 31.3 Å². The van der Waals surface area contributed by atoms with Crippen molar-refractivity contribution in [3.8, 4) is 0 Å². The van der Waals surface area contributed by atoms with Crippen molar-refractivity contribution in [2.24, 2.45) is 29.1 Å². The average Bonchev–Trinajstić information content (AvgIpc) is 3.13. The Hall–Kier alpha value is -1.04. The lowest BCUT2D eigenvalue weighted by atomic mass is 9.61. The van der Waals surface area contributed by atoms with Crippen molar-refractivity contribution < 1.29 is 19.0 Å². The second kappa shape index (κ2) is 10.3. The fourth-order valence-corrected chi connectivity index (χ4v) is 7.64. The van der Waals surface area contributed by atoms with Crippen molar-refractivity contribution in [1.29, 1.82) is 0 Å². The number of aliphatic hydroxyl groups is 2. The first-order valence-corrected chi connectivity index (χ1v) is 13.1. The predicted molar refractivity (Wildman–Crippen MR) is 129 cm³/mol. The zero-order valence-corrected chi connectivity index (χ0v) is 20.5. The Labute approximate surface area is 198 Å². The van der Waals surface area contributed by atoms with Gasteiger partial charge in [-0.15, -0.1) is 0 Å². The molecule has 186 valence electrons. The molecule has 0 bridgehead atoms. The van der Waals surface area contributed by atoms with Crippen molar-refractivity contribution in [3.05, 3.63) is 35.5 Å². The first kappa shape index (κ1) is 25.1. The Morgan fingerprint density at radius 2 is 1.85 bits per heavy atom. The van der Waals surface area contributed by atoms with Gasteiger partial charge in [0.2, 0.25) is 6.43 Å². The third-order valence-electron chi connectivity index (χ3n) is 9.47. The second-order valence-corrected chi connectivity index (χ2v) is 11.7. The third kappa shape index (κ3) is 5.31. The lowest BCUT2D eigenvalue weighted by Crippen LogP contribution is -2.44. The summed E-state index contributed by atoms with van der Waals surface area (Å²) in [5.74, 6) is 1.28. The van der Waals surface area contributed by atoms with Crippen LogP contribution in [0.4, 0.5) is 8.78 Å². The second-order valence-electron chi connectivity index (χ2n) is 11.7. The highest BCUT2D eigenvalue weighted by molar-refractivity contribution is 5.29. The summed E-state index contributed by atoms with van der Waals surface area (Å²) in [6, 6.07) is 0. The molecular formula is C28H43F2NO2. The maximum absolute atomic E-state index is 13.3. The molecule has 2 N–H and O–H groups in total. The van der Waals surface area contributed by atoms with Crippen molar-refractivity contribution in [2.75, 3.05) is 19.6 Å². The minimum Gasteiger partial charge on any atom is -0.388 e. The van der Waals surface area contributed by atoms with E-state index in [1.54, 1.807) is 0 Å². The van der Waals surface area contributed by atoms with Crippen LogP contribution in [0.2, 0.25) is 0 Å². The summed E-state index contributed by atoms with van der Waals surface area (Å²) in [4.78, 5) is 2.30. The molecule has 4 fully saturated rings. The van der Waals surface area contributed by atoms with E-state index in [1.807, 2.05) is 0 Å². The number of halogens is 2. The van der Waals surface area contributed by atoms with Gasteiger partial charge in [0, 0.05) is 19.0 Å². The number of hydrogen-bond acceptors (Lipinski definition) is 3. The van der Waals surface area contributed by atoms with Crippen LogP contribution in [-0.4, -0.2) is 53.4 Å². The predicted octanol–water partition coefficient (Wildman–Crippen LogP) is 5.74. The van der Waals surface area contributed by atoms with E-state index < -0.39 is 24.6 Å². The normalized spacial score (nSPS) is 40.3. The van der Waals surface area contributed by atoms with E-state index >= 15 is 0 Å². The average molecular weight is 464 g/mol. The Kier molecular flexibility index (Phi) is 7.82. The van der Waals surface area contributed by atoms with Crippen molar-refractivity contribution in [3.63, 3.8) is 0 Å². The fourth-order valence-electron chi connectivity index (χ4n) is 7.64. The van der Waals surface area contributed by atoms with Gasteiger partial charge in [-0.05, 0) is 93.1 Å². The van der Waals surface area contributed by atoms with E-state index in [2.05, 4.69) is 37.5 Å². The molecule has 0 unspecified atom stereocenters. The highest BCUT2D eigenvalue weighted by Gasteiger charge is 2.50. The lowest BCUT2D eigenvalue weighted by molar-refractivity contribution is 0.0132. The molecule has 4 rings (SSSR count). The van der Waals surface area contributed by atoms with E-state index in [0.717, 1.165) is 31.5 Å². The summed E-state index contributed by atoms with van der Waals surface area (Å²) in [7, 11) is 0. The molecule has 0 aromatic heterocycles. The van der Waals surface area contributed by atoms with Gasteiger partial charge in [0.15, 0.2) is 0 Å². The molecule has 3 nitrogen and oxygen atoms in total. The summed E-state index contributed by atoms with van der Waals surface area (Å²) in [5.41, 5.74) is 3.44. The summed E-state index contributed by atoms with van der Waals surface area (Å²) < 4.78 is 26.5. The number of piperidine rings is 1. The van der Waals surface area contributed by atoms with E-state index in [4.69, 9.17) is 0 Å². The number of nitrogens with zero attached hydrogens (tertiary/aromatic N) is 1. The molecule has 3 saturated carbocycles. The number of rotatable bonds is 5. The van der Waals surface area contributed by atoms with Gasteiger partial charge in [-0.25, -0.2) is 8.78 Å². The Balaban J connectivity index is 1.42. The maximum atomic E-state index is 13.3. The van der Waals surface area contributed by atoms with Crippen LogP contribution in [0.15, 0.2) is 35.5 Å². The number of alkyl halides is 2. The molecule has 7 atom stereocenters. The largest absolute Gasteiger partial charge is 0.388 e. The van der Waals surface area contributed by atoms with Gasteiger partial charge in [-0.3, -0.25) is 0 Å². The minimum absolute atomic E-state index is 0.278. The standard InChI is InChI=1S/C28H43F2NO2/c1-18(16-31-13-5-7-22(17-31)27(29)30)23-10-11-24-21(6-4-12-28(23,24)3)9-8-20-14-25(32)19(2)26(33)15-20/h8-9,18,22-27,32-33H,2,4-7,10-17H2,1,3H3/b21-9+/t18-,22+,23-,24+,25-,26-,28-/m1/s1.